The number of hydrogen-bond donors (Lipinski definition) is 0. The van der Waals surface area contributed by atoms with E-state index in [1.807, 2.05) is 52.8 Å². The monoisotopic (exact) mass is 280 g/mol. The van der Waals surface area contributed by atoms with Crippen molar-refractivity contribution < 1.29 is 13.7 Å². The standard InChI is InChI=1S/C14H22BFN2O2/c1-13(2)14(3,4)20-15(19-13)11-10(9-18(5)6)7-8-17-12(11)16/h7-8H,9H2,1-6H3. The second kappa shape index (κ2) is 5.09. The third-order valence-corrected chi connectivity index (χ3v) is 4.01. The van der Waals surface area contributed by atoms with Crippen LogP contribution in [0.2, 0.25) is 0 Å². The maximum absolute atomic E-state index is 14.2. The maximum Gasteiger partial charge on any atom is 0.499 e. The minimum atomic E-state index is -0.719. The minimum Gasteiger partial charge on any atom is -0.399 e. The van der Waals surface area contributed by atoms with Crippen LogP contribution in [0.15, 0.2) is 12.3 Å². The van der Waals surface area contributed by atoms with Crippen molar-refractivity contribution in [2.75, 3.05) is 14.1 Å². The van der Waals surface area contributed by atoms with E-state index in [4.69, 9.17) is 9.31 Å². The zero-order valence-electron chi connectivity index (χ0n) is 13.0. The van der Waals surface area contributed by atoms with E-state index in [0.717, 1.165) is 5.56 Å². The third-order valence-electron chi connectivity index (χ3n) is 4.01. The Hall–Kier alpha value is -0.975. The largest absolute Gasteiger partial charge is 0.499 e. The first-order valence-corrected chi connectivity index (χ1v) is 6.78. The molecule has 0 aromatic carbocycles. The van der Waals surface area contributed by atoms with Crippen LogP contribution in [0.3, 0.4) is 0 Å². The summed E-state index contributed by atoms with van der Waals surface area (Å²) in [5, 5.41) is 0. The molecule has 1 aliphatic rings. The van der Waals surface area contributed by atoms with Crippen molar-refractivity contribution in [1.82, 2.24) is 9.88 Å². The molecule has 0 radical (unpaired) electrons. The Balaban J connectivity index is 2.39. The van der Waals surface area contributed by atoms with Crippen LogP contribution < -0.4 is 5.46 Å². The highest BCUT2D eigenvalue weighted by atomic mass is 19.1. The Morgan fingerprint density at radius 3 is 2.25 bits per heavy atom. The average Bonchev–Trinajstić information content (AvgIpc) is 2.46. The molecule has 110 valence electrons. The molecule has 2 heterocycles. The molecule has 0 unspecified atom stereocenters. The van der Waals surface area contributed by atoms with Gasteiger partial charge in [-0.15, -0.1) is 0 Å². The summed E-state index contributed by atoms with van der Waals surface area (Å²) in [5.74, 6) is -0.525. The molecule has 0 aliphatic carbocycles. The number of halogens is 1. The summed E-state index contributed by atoms with van der Waals surface area (Å²) >= 11 is 0. The van der Waals surface area contributed by atoms with Crippen molar-refractivity contribution in [2.45, 2.75) is 45.4 Å². The molecule has 1 aromatic heterocycles. The van der Waals surface area contributed by atoms with Gasteiger partial charge < -0.3 is 14.2 Å². The lowest BCUT2D eigenvalue weighted by atomic mass is 9.76. The smallest absolute Gasteiger partial charge is 0.399 e. The number of nitrogens with zero attached hydrogens (tertiary/aromatic N) is 2. The van der Waals surface area contributed by atoms with Crippen LogP contribution in [0, 0.1) is 5.95 Å². The van der Waals surface area contributed by atoms with Crippen LogP contribution in [0.1, 0.15) is 33.3 Å². The minimum absolute atomic E-state index is 0.403. The van der Waals surface area contributed by atoms with E-state index in [2.05, 4.69) is 4.98 Å². The summed E-state index contributed by atoms with van der Waals surface area (Å²) in [4.78, 5) is 5.72. The molecular weight excluding hydrogens is 258 g/mol. The van der Waals surface area contributed by atoms with Crippen LogP contribution in [0.5, 0.6) is 0 Å². The molecule has 0 saturated carbocycles. The van der Waals surface area contributed by atoms with Crippen LogP contribution in [-0.2, 0) is 15.9 Å². The Kier molecular flexibility index (Phi) is 3.93. The highest BCUT2D eigenvalue weighted by Crippen LogP contribution is 2.36. The second-order valence-corrected chi connectivity index (χ2v) is 6.50. The fraction of sp³-hybridized carbons (Fsp3) is 0.643. The molecular formula is C14H22BFN2O2. The molecule has 1 aromatic rings. The molecule has 0 bridgehead atoms. The van der Waals surface area contributed by atoms with Gasteiger partial charge in [0.1, 0.15) is 0 Å². The van der Waals surface area contributed by atoms with Gasteiger partial charge in [-0.1, -0.05) is 0 Å². The molecule has 4 nitrogen and oxygen atoms in total. The van der Waals surface area contributed by atoms with E-state index in [-0.39, 0.29) is 0 Å². The molecule has 6 heteroatoms. The zero-order valence-corrected chi connectivity index (χ0v) is 13.0. The molecule has 2 rings (SSSR count). The van der Waals surface area contributed by atoms with E-state index < -0.39 is 24.3 Å². The van der Waals surface area contributed by atoms with Gasteiger partial charge in [-0.2, -0.15) is 4.39 Å². The molecule has 0 amide bonds. The molecule has 0 N–H and O–H groups in total. The first-order chi connectivity index (χ1) is 9.14. The van der Waals surface area contributed by atoms with Gasteiger partial charge in [-0.05, 0) is 53.4 Å². The molecule has 0 spiro atoms. The van der Waals surface area contributed by atoms with Gasteiger partial charge in [0.2, 0.25) is 5.95 Å². The number of pyridine rings is 1. The first kappa shape index (κ1) is 15.4. The van der Waals surface area contributed by atoms with Crippen LogP contribution in [0.25, 0.3) is 0 Å². The Morgan fingerprint density at radius 2 is 1.75 bits per heavy atom. The first-order valence-electron chi connectivity index (χ1n) is 6.78. The third kappa shape index (κ3) is 2.73. The van der Waals surface area contributed by atoms with Gasteiger partial charge in [0.05, 0.1) is 11.2 Å². The highest BCUT2D eigenvalue weighted by Gasteiger charge is 2.53. The topological polar surface area (TPSA) is 34.6 Å². The van der Waals surface area contributed by atoms with Gasteiger partial charge in [0.25, 0.3) is 0 Å². The Labute approximate surface area is 120 Å². The SMILES string of the molecule is CN(C)Cc1ccnc(F)c1B1OC(C)(C)C(C)(C)O1. The Morgan fingerprint density at radius 1 is 1.20 bits per heavy atom. The number of aromatic nitrogens is 1. The van der Waals surface area contributed by atoms with E-state index >= 15 is 0 Å². The van der Waals surface area contributed by atoms with E-state index in [1.165, 1.54) is 6.20 Å². The average molecular weight is 280 g/mol. The van der Waals surface area contributed by atoms with E-state index in [1.54, 1.807) is 0 Å². The second-order valence-electron chi connectivity index (χ2n) is 6.50. The molecule has 1 aliphatic heterocycles. The van der Waals surface area contributed by atoms with E-state index in [9.17, 15) is 4.39 Å². The molecule has 0 atom stereocenters. The van der Waals surface area contributed by atoms with Crippen molar-refractivity contribution in [2.24, 2.45) is 0 Å². The predicted octanol–water partition coefficient (Wildman–Crippen LogP) is 1.58. The predicted molar refractivity (Wildman–Crippen MR) is 77.3 cm³/mol. The lowest BCUT2D eigenvalue weighted by molar-refractivity contribution is 0.00578. The Bertz CT molecular complexity index is 490. The quantitative estimate of drug-likeness (QED) is 0.622. The number of rotatable bonds is 3. The van der Waals surface area contributed by atoms with Crippen LogP contribution in [-0.4, -0.2) is 42.3 Å². The fourth-order valence-electron chi connectivity index (χ4n) is 2.17. The van der Waals surface area contributed by atoms with Crippen LogP contribution >= 0.6 is 0 Å². The summed E-state index contributed by atoms with van der Waals surface area (Å²) in [6, 6.07) is 1.81. The summed E-state index contributed by atoms with van der Waals surface area (Å²) in [6.07, 6.45) is 1.48. The highest BCUT2D eigenvalue weighted by molar-refractivity contribution is 6.62. The van der Waals surface area contributed by atoms with Gasteiger partial charge in [0, 0.05) is 18.2 Å². The van der Waals surface area contributed by atoms with Crippen molar-refractivity contribution in [3.05, 3.63) is 23.8 Å². The van der Waals surface area contributed by atoms with Gasteiger partial charge in [-0.25, -0.2) is 4.98 Å². The molecule has 20 heavy (non-hydrogen) atoms. The normalized spacial score (nSPS) is 20.7. The van der Waals surface area contributed by atoms with Gasteiger partial charge in [-0.3, -0.25) is 0 Å². The summed E-state index contributed by atoms with van der Waals surface area (Å²) < 4.78 is 26.0. The van der Waals surface area contributed by atoms with Crippen molar-refractivity contribution in [3.63, 3.8) is 0 Å². The molecule has 1 saturated heterocycles. The summed E-state index contributed by atoms with van der Waals surface area (Å²) in [5.41, 5.74) is 0.255. The van der Waals surface area contributed by atoms with Crippen LogP contribution in [0.4, 0.5) is 4.39 Å². The molecule has 1 fully saturated rings. The lowest BCUT2D eigenvalue weighted by Crippen LogP contribution is -2.41. The maximum atomic E-state index is 14.2. The number of hydrogen-bond acceptors (Lipinski definition) is 4. The summed E-state index contributed by atoms with van der Waals surface area (Å²) in [7, 11) is 3.15. The lowest BCUT2D eigenvalue weighted by Gasteiger charge is -2.32. The zero-order chi connectivity index (χ0) is 15.1. The van der Waals surface area contributed by atoms with Gasteiger partial charge >= 0.3 is 7.12 Å². The fourth-order valence-corrected chi connectivity index (χ4v) is 2.17. The van der Waals surface area contributed by atoms with E-state index in [0.29, 0.717) is 12.0 Å². The summed E-state index contributed by atoms with van der Waals surface area (Å²) in [6.45, 7) is 8.42. The van der Waals surface area contributed by atoms with Crippen molar-refractivity contribution >= 4 is 12.6 Å². The van der Waals surface area contributed by atoms with Crippen molar-refractivity contribution in [1.29, 1.82) is 0 Å². The van der Waals surface area contributed by atoms with Crippen molar-refractivity contribution in [3.8, 4) is 0 Å². The van der Waals surface area contributed by atoms with Gasteiger partial charge in [0.15, 0.2) is 0 Å².